The molecule has 0 aliphatic carbocycles. The molecule has 2 aromatic carbocycles. The van der Waals surface area contributed by atoms with Gasteiger partial charge in [0.25, 0.3) is 5.91 Å². The fourth-order valence-electron chi connectivity index (χ4n) is 2.32. The average molecular weight is 345 g/mol. The molecule has 2 aromatic rings. The molecule has 1 atom stereocenters. The summed E-state index contributed by atoms with van der Waals surface area (Å²) < 4.78 is 19.4. The molecule has 0 saturated carbocycles. The molecule has 0 aliphatic rings. The second-order valence-corrected chi connectivity index (χ2v) is 5.68. The van der Waals surface area contributed by atoms with Gasteiger partial charge in [-0.25, -0.2) is 9.18 Å². The topological polar surface area (TPSA) is 75.6 Å². The Balaban J connectivity index is 2.01. The third-order valence-corrected chi connectivity index (χ3v) is 3.91. The van der Waals surface area contributed by atoms with E-state index < -0.39 is 17.7 Å². The van der Waals surface area contributed by atoms with Crippen molar-refractivity contribution in [3.05, 3.63) is 59.4 Å². The number of anilines is 1. The van der Waals surface area contributed by atoms with Crippen molar-refractivity contribution in [1.82, 2.24) is 0 Å². The van der Waals surface area contributed by atoms with Crippen molar-refractivity contribution in [2.24, 2.45) is 0 Å². The van der Waals surface area contributed by atoms with Crippen LogP contribution in [0.25, 0.3) is 0 Å². The molecule has 0 bridgehead atoms. The minimum atomic E-state index is -1.23. The molecule has 0 fully saturated rings. The van der Waals surface area contributed by atoms with E-state index in [4.69, 9.17) is 9.84 Å². The van der Waals surface area contributed by atoms with E-state index in [0.717, 1.165) is 18.1 Å². The smallest absolute Gasteiger partial charge is 0.335 e. The zero-order chi connectivity index (χ0) is 18.4. The van der Waals surface area contributed by atoms with Gasteiger partial charge in [-0.05, 0) is 42.2 Å². The Morgan fingerprint density at radius 2 is 1.96 bits per heavy atom. The summed E-state index contributed by atoms with van der Waals surface area (Å²) in [6.07, 6.45) is 0.938. The first-order chi connectivity index (χ1) is 11.9. The number of nitrogens with one attached hydrogen (secondary N) is 1. The van der Waals surface area contributed by atoms with Crippen LogP contribution in [0.4, 0.5) is 10.1 Å². The minimum absolute atomic E-state index is 0.0891. The summed E-state index contributed by atoms with van der Waals surface area (Å²) in [6.45, 7) is 3.87. The number of para-hydroxylation sites is 1. The number of rotatable bonds is 7. The summed E-state index contributed by atoms with van der Waals surface area (Å²) >= 11 is 0. The van der Waals surface area contributed by atoms with Crippen LogP contribution in [-0.4, -0.2) is 23.6 Å². The third kappa shape index (κ3) is 4.79. The molecule has 0 spiro atoms. The van der Waals surface area contributed by atoms with E-state index in [-0.39, 0.29) is 17.9 Å². The molecule has 0 aromatic heterocycles. The number of hydrogen-bond donors (Lipinski definition) is 2. The molecule has 6 heteroatoms. The van der Waals surface area contributed by atoms with Crippen LogP contribution in [0.5, 0.6) is 5.75 Å². The first kappa shape index (κ1) is 18.4. The standard InChI is InChI=1S/C19H20FNO4/c1-3-12(2)14-6-4-5-7-17(14)25-11-18(22)21-16-9-8-13(19(23)24)10-15(16)20/h4-10,12H,3,11H2,1-2H3,(H,21,22)(H,23,24). The third-order valence-electron chi connectivity index (χ3n) is 3.91. The highest BCUT2D eigenvalue weighted by molar-refractivity contribution is 5.93. The Hall–Kier alpha value is -2.89. The van der Waals surface area contributed by atoms with Gasteiger partial charge in [-0.15, -0.1) is 0 Å². The molecule has 0 radical (unpaired) electrons. The first-order valence-electron chi connectivity index (χ1n) is 7.96. The highest BCUT2D eigenvalue weighted by atomic mass is 19.1. The van der Waals surface area contributed by atoms with E-state index in [1.807, 2.05) is 18.2 Å². The number of carboxylic acids is 1. The molecule has 2 rings (SSSR count). The highest BCUT2D eigenvalue weighted by Crippen LogP contribution is 2.28. The summed E-state index contributed by atoms with van der Waals surface area (Å²) in [4.78, 5) is 22.8. The quantitative estimate of drug-likeness (QED) is 0.794. The van der Waals surface area contributed by atoms with Crippen molar-refractivity contribution in [1.29, 1.82) is 0 Å². The zero-order valence-corrected chi connectivity index (χ0v) is 14.1. The number of halogens is 1. The van der Waals surface area contributed by atoms with Crippen LogP contribution in [0.3, 0.4) is 0 Å². The molecule has 132 valence electrons. The van der Waals surface area contributed by atoms with Gasteiger partial charge in [-0.3, -0.25) is 4.79 Å². The van der Waals surface area contributed by atoms with E-state index in [1.165, 1.54) is 12.1 Å². The summed E-state index contributed by atoms with van der Waals surface area (Å²) in [5.74, 6) is -1.66. The number of carbonyl (C=O) groups excluding carboxylic acids is 1. The van der Waals surface area contributed by atoms with Crippen LogP contribution in [0.2, 0.25) is 0 Å². The zero-order valence-electron chi connectivity index (χ0n) is 14.1. The Labute approximate surface area is 145 Å². The molecule has 0 aliphatic heterocycles. The SMILES string of the molecule is CCC(C)c1ccccc1OCC(=O)Nc1ccc(C(=O)O)cc1F. The molecule has 0 heterocycles. The monoisotopic (exact) mass is 345 g/mol. The van der Waals surface area contributed by atoms with Crippen LogP contribution in [0, 0.1) is 5.82 Å². The van der Waals surface area contributed by atoms with Gasteiger partial charge < -0.3 is 15.2 Å². The van der Waals surface area contributed by atoms with Crippen molar-refractivity contribution in [3.63, 3.8) is 0 Å². The largest absolute Gasteiger partial charge is 0.483 e. The number of amides is 1. The molecule has 0 saturated heterocycles. The van der Waals surface area contributed by atoms with Gasteiger partial charge in [0.15, 0.2) is 6.61 Å². The maximum atomic E-state index is 13.8. The summed E-state index contributed by atoms with van der Waals surface area (Å²) in [7, 11) is 0. The molecule has 2 N–H and O–H groups in total. The van der Waals surface area contributed by atoms with Crippen LogP contribution < -0.4 is 10.1 Å². The van der Waals surface area contributed by atoms with E-state index in [9.17, 15) is 14.0 Å². The average Bonchev–Trinajstić information content (AvgIpc) is 2.61. The van der Waals surface area contributed by atoms with E-state index in [0.29, 0.717) is 11.7 Å². The highest BCUT2D eigenvalue weighted by Gasteiger charge is 2.13. The number of carbonyl (C=O) groups is 2. The lowest BCUT2D eigenvalue weighted by Crippen LogP contribution is -2.21. The van der Waals surface area contributed by atoms with Crippen LogP contribution >= 0.6 is 0 Å². The molecule has 1 unspecified atom stereocenters. The number of ether oxygens (including phenoxy) is 1. The second kappa shape index (κ2) is 8.28. The normalized spacial score (nSPS) is 11.6. The van der Waals surface area contributed by atoms with Gasteiger partial charge in [0.2, 0.25) is 0 Å². The predicted octanol–water partition coefficient (Wildman–Crippen LogP) is 4.05. The molecule has 5 nitrogen and oxygen atoms in total. The van der Waals surface area contributed by atoms with Crippen LogP contribution in [-0.2, 0) is 4.79 Å². The Kier molecular flexibility index (Phi) is 6.11. The van der Waals surface area contributed by atoms with Crippen molar-refractivity contribution >= 4 is 17.6 Å². The van der Waals surface area contributed by atoms with Crippen molar-refractivity contribution in [2.75, 3.05) is 11.9 Å². The number of hydrogen-bond acceptors (Lipinski definition) is 3. The van der Waals surface area contributed by atoms with Gasteiger partial charge in [-0.1, -0.05) is 32.0 Å². The van der Waals surface area contributed by atoms with Gasteiger partial charge in [0.1, 0.15) is 11.6 Å². The molecule has 25 heavy (non-hydrogen) atoms. The van der Waals surface area contributed by atoms with E-state index >= 15 is 0 Å². The van der Waals surface area contributed by atoms with Gasteiger partial charge in [-0.2, -0.15) is 0 Å². The Morgan fingerprint density at radius 3 is 2.60 bits per heavy atom. The van der Waals surface area contributed by atoms with Crippen molar-refractivity contribution < 1.29 is 23.8 Å². The lowest BCUT2D eigenvalue weighted by Gasteiger charge is -2.15. The lowest BCUT2D eigenvalue weighted by atomic mass is 9.98. The van der Waals surface area contributed by atoms with E-state index in [1.54, 1.807) is 6.07 Å². The fourth-order valence-corrected chi connectivity index (χ4v) is 2.32. The minimum Gasteiger partial charge on any atom is -0.483 e. The predicted molar refractivity (Wildman–Crippen MR) is 92.6 cm³/mol. The van der Waals surface area contributed by atoms with Crippen molar-refractivity contribution in [3.8, 4) is 5.75 Å². The summed E-state index contributed by atoms with van der Waals surface area (Å²) in [5, 5.41) is 11.2. The first-order valence-corrected chi connectivity index (χ1v) is 7.96. The number of benzene rings is 2. The molecular formula is C19H20FNO4. The maximum Gasteiger partial charge on any atom is 0.335 e. The summed E-state index contributed by atoms with van der Waals surface area (Å²) in [6, 6.07) is 10.8. The van der Waals surface area contributed by atoms with Crippen LogP contribution in [0.1, 0.15) is 42.1 Å². The lowest BCUT2D eigenvalue weighted by molar-refractivity contribution is -0.118. The molecular weight excluding hydrogens is 325 g/mol. The molecule has 1 amide bonds. The number of carboxylic acid groups (broad SMARTS) is 1. The van der Waals surface area contributed by atoms with Gasteiger partial charge >= 0.3 is 5.97 Å². The Bertz CT molecular complexity index is 776. The fraction of sp³-hybridized carbons (Fsp3) is 0.263. The number of aromatic carboxylic acids is 1. The Morgan fingerprint density at radius 1 is 1.24 bits per heavy atom. The van der Waals surface area contributed by atoms with E-state index in [2.05, 4.69) is 19.2 Å². The maximum absolute atomic E-state index is 13.8. The van der Waals surface area contributed by atoms with Crippen LogP contribution in [0.15, 0.2) is 42.5 Å². The van der Waals surface area contributed by atoms with Crippen molar-refractivity contribution in [2.45, 2.75) is 26.2 Å². The van der Waals surface area contributed by atoms with Gasteiger partial charge in [0, 0.05) is 0 Å². The second-order valence-electron chi connectivity index (χ2n) is 5.68. The van der Waals surface area contributed by atoms with Gasteiger partial charge in [0.05, 0.1) is 11.3 Å². The summed E-state index contributed by atoms with van der Waals surface area (Å²) in [5.41, 5.74) is 0.734.